The molecule has 0 aromatic heterocycles. The maximum Gasteiger partial charge on any atom is 0.119 e. The first-order valence-corrected chi connectivity index (χ1v) is 8.21. The van der Waals surface area contributed by atoms with Gasteiger partial charge in [-0.25, -0.2) is 0 Å². The van der Waals surface area contributed by atoms with Crippen molar-refractivity contribution < 1.29 is 4.74 Å². The van der Waals surface area contributed by atoms with Crippen molar-refractivity contribution in [2.45, 2.75) is 51.5 Å². The molecule has 0 saturated carbocycles. The van der Waals surface area contributed by atoms with Crippen LogP contribution in [0.15, 0.2) is 18.2 Å². The molecule has 2 aliphatic rings. The van der Waals surface area contributed by atoms with Crippen molar-refractivity contribution in [3.05, 3.63) is 29.3 Å². The molecule has 3 rings (SSSR count). The molecule has 0 radical (unpaired) electrons. The highest BCUT2D eigenvalue weighted by molar-refractivity contribution is 5.37. The summed E-state index contributed by atoms with van der Waals surface area (Å²) in [5, 5.41) is 0. The molecule has 1 aromatic carbocycles. The monoisotopic (exact) mass is 273 g/mol. The number of methoxy groups -OCH3 is 1. The highest BCUT2D eigenvalue weighted by Crippen LogP contribution is 2.35. The normalized spacial score (nSPS) is 26.5. The number of hydrogen-bond acceptors (Lipinski definition) is 2. The Kier molecular flexibility index (Phi) is 4.30. The summed E-state index contributed by atoms with van der Waals surface area (Å²) in [4.78, 5) is 2.76. The number of piperidine rings is 1. The van der Waals surface area contributed by atoms with Crippen molar-refractivity contribution in [1.29, 1.82) is 0 Å². The fraction of sp³-hybridized carbons (Fsp3) is 0.667. The summed E-state index contributed by atoms with van der Waals surface area (Å²) < 4.78 is 5.39. The molecular formula is C18H27NO. The number of aryl methyl sites for hydroxylation is 1. The van der Waals surface area contributed by atoms with Crippen LogP contribution in [-0.4, -0.2) is 31.1 Å². The summed E-state index contributed by atoms with van der Waals surface area (Å²) in [6.45, 7) is 4.88. The van der Waals surface area contributed by atoms with Crippen LogP contribution in [0.2, 0.25) is 0 Å². The number of fused-ring (bicyclic) bond motifs is 2. The van der Waals surface area contributed by atoms with Crippen molar-refractivity contribution in [2.75, 3.05) is 20.2 Å². The third-order valence-corrected chi connectivity index (χ3v) is 5.17. The first kappa shape index (κ1) is 13.9. The zero-order chi connectivity index (χ0) is 13.9. The minimum Gasteiger partial charge on any atom is -0.497 e. The van der Waals surface area contributed by atoms with Gasteiger partial charge >= 0.3 is 0 Å². The molecule has 2 unspecified atom stereocenters. The lowest BCUT2D eigenvalue weighted by Crippen LogP contribution is -2.46. The van der Waals surface area contributed by atoms with E-state index in [0.29, 0.717) is 0 Å². The fourth-order valence-electron chi connectivity index (χ4n) is 4.14. The summed E-state index contributed by atoms with van der Waals surface area (Å²) in [6, 6.07) is 7.47. The Labute approximate surface area is 123 Å². The molecule has 2 nitrogen and oxygen atoms in total. The minimum absolute atomic E-state index is 0.776. The minimum atomic E-state index is 0.776. The fourth-order valence-corrected chi connectivity index (χ4v) is 4.14. The molecule has 1 aliphatic heterocycles. The van der Waals surface area contributed by atoms with Crippen molar-refractivity contribution in [3.63, 3.8) is 0 Å². The van der Waals surface area contributed by atoms with Gasteiger partial charge < -0.3 is 4.74 Å². The molecule has 0 N–H and O–H groups in total. The molecule has 0 spiro atoms. The number of hydrogen-bond donors (Lipinski definition) is 0. The van der Waals surface area contributed by atoms with Gasteiger partial charge in [-0.1, -0.05) is 13.0 Å². The first-order chi connectivity index (χ1) is 9.81. The standard InChI is InChI=1S/C18H27NO/c1-3-10-19-11-4-5-14-6-7-15-12-17(20-2)9-8-16(15)13-18(14)19/h8-9,12,14,18H,3-7,10-11,13H2,1-2H3. The van der Waals surface area contributed by atoms with E-state index < -0.39 is 0 Å². The highest BCUT2D eigenvalue weighted by atomic mass is 16.5. The van der Waals surface area contributed by atoms with Crippen molar-refractivity contribution in [3.8, 4) is 5.75 Å². The molecular weight excluding hydrogens is 246 g/mol. The largest absolute Gasteiger partial charge is 0.497 e. The second-order valence-electron chi connectivity index (χ2n) is 6.38. The lowest BCUT2D eigenvalue weighted by atomic mass is 9.85. The quantitative estimate of drug-likeness (QED) is 0.833. The van der Waals surface area contributed by atoms with Crippen LogP contribution in [0.1, 0.15) is 43.7 Å². The maximum absolute atomic E-state index is 5.39. The van der Waals surface area contributed by atoms with E-state index in [0.717, 1.165) is 17.7 Å². The number of benzene rings is 1. The van der Waals surface area contributed by atoms with Crippen LogP contribution in [0.5, 0.6) is 5.75 Å². The Hall–Kier alpha value is -1.02. The van der Waals surface area contributed by atoms with Crippen molar-refractivity contribution >= 4 is 0 Å². The highest BCUT2D eigenvalue weighted by Gasteiger charge is 2.33. The molecule has 2 heteroatoms. The zero-order valence-corrected chi connectivity index (χ0v) is 12.9. The SMILES string of the molecule is CCCN1CCCC2CCc3cc(OC)ccc3CC21. The van der Waals surface area contributed by atoms with Gasteiger partial charge in [-0.3, -0.25) is 4.90 Å². The topological polar surface area (TPSA) is 12.5 Å². The predicted molar refractivity (Wildman–Crippen MR) is 83.4 cm³/mol. The van der Waals surface area contributed by atoms with E-state index in [1.807, 2.05) is 0 Å². The molecule has 2 atom stereocenters. The summed E-state index contributed by atoms with van der Waals surface area (Å²) in [7, 11) is 1.77. The Balaban J connectivity index is 1.85. The maximum atomic E-state index is 5.39. The van der Waals surface area contributed by atoms with Gasteiger partial charge in [0.25, 0.3) is 0 Å². The van der Waals surface area contributed by atoms with Gasteiger partial charge in [0.05, 0.1) is 7.11 Å². The average Bonchev–Trinajstić information content (AvgIpc) is 2.67. The summed E-state index contributed by atoms with van der Waals surface area (Å²) >= 11 is 0. The van der Waals surface area contributed by atoms with Crippen LogP contribution < -0.4 is 4.74 Å². The van der Waals surface area contributed by atoms with E-state index in [1.54, 1.807) is 12.7 Å². The number of nitrogens with zero attached hydrogens (tertiary/aromatic N) is 1. The second-order valence-corrected chi connectivity index (χ2v) is 6.38. The smallest absolute Gasteiger partial charge is 0.119 e. The van der Waals surface area contributed by atoms with Gasteiger partial charge in [-0.2, -0.15) is 0 Å². The van der Waals surface area contributed by atoms with Gasteiger partial charge in [-0.15, -0.1) is 0 Å². The van der Waals surface area contributed by atoms with Gasteiger partial charge in [0.1, 0.15) is 5.75 Å². The van der Waals surface area contributed by atoms with E-state index in [2.05, 4.69) is 30.0 Å². The van der Waals surface area contributed by atoms with Crippen LogP contribution in [0.3, 0.4) is 0 Å². The van der Waals surface area contributed by atoms with Gasteiger partial charge in [0.2, 0.25) is 0 Å². The van der Waals surface area contributed by atoms with Crippen LogP contribution in [0.25, 0.3) is 0 Å². The van der Waals surface area contributed by atoms with Crippen molar-refractivity contribution in [2.24, 2.45) is 5.92 Å². The van der Waals surface area contributed by atoms with Gasteiger partial charge in [-0.05, 0) is 80.8 Å². The molecule has 1 aliphatic carbocycles. The van der Waals surface area contributed by atoms with E-state index in [1.165, 1.54) is 57.2 Å². The molecule has 0 amide bonds. The summed E-state index contributed by atoms with van der Waals surface area (Å²) in [6.07, 6.45) is 7.91. The van der Waals surface area contributed by atoms with E-state index in [4.69, 9.17) is 4.74 Å². The first-order valence-electron chi connectivity index (χ1n) is 8.21. The number of likely N-dealkylation sites (tertiary alicyclic amines) is 1. The second kappa shape index (κ2) is 6.17. The van der Waals surface area contributed by atoms with Crippen LogP contribution in [0, 0.1) is 5.92 Å². The van der Waals surface area contributed by atoms with Crippen LogP contribution >= 0.6 is 0 Å². The number of rotatable bonds is 3. The molecule has 1 heterocycles. The lowest BCUT2D eigenvalue weighted by Gasteiger charge is -2.40. The Morgan fingerprint density at radius 3 is 2.95 bits per heavy atom. The Bertz CT molecular complexity index is 455. The Morgan fingerprint density at radius 2 is 2.15 bits per heavy atom. The average molecular weight is 273 g/mol. The summed E-state index contributed by atoms with van der Waals surface area (Å²) in [5.74, 6) is 1.91. The molecule has 1 fully saturated rings. The van der Waals surface area contributed by atoms with E-state index >= 15 is 0 Å². The third kappa shape index (κ3) is 2.71. The van der Waals surface area contributed by atoms with Gasteiger partial charge in [0, 0.05) is 6.04 Å². The van der Waals surface area contributed by atoms with Gasteiger partial charge in [0.15, 0.2) is 0 Å². The summed E-state index contributed by atoms with van der Waals surface area (Å²) in [5.41, 5.74) is 3.08. The molecule has 0 bridgehead atoms. The zero-order valence-electron chi connectivity index (χ0n) is 12.9. The molecule has 1 aromatic rings. The lowest BCUT2D eigenvalue weighted by molar-refractivity contribution is 0.0906. The molecule has 1 saturated heterocycles. The van der Waals surface area contributed by atoms with Crippen LogP contribution in [-0.2, 0) is 12.8 Å². The molecule has 20 heavy (non-hydrogen) atoms. The van der Waals surface area contributed by atoms with Crippen molar-refractivity contribution in [1.82, 2.24) is 4.90 Å². The van der Waals surface area contributed by atoms with E-state index in [9.17, 15) is 0 Å². The number of ether oxygens (including phenoxy) is 1. The molecule has 110 valence electrons. The third-order valence-electron chi connectivity index (χ3n) is 5.17. The predicted octanol–water partition coefficient (Wildman–Crippen LogP) is 3.67. The van der Waals surface area contributed by atoms with Crippen LogP contribution in [0.4, 0.5) is 0 Å². The Morgan fingerprint density at radius 1 is 1.25 bits per heavy atom. The van der Waals surface area contributed by atoms with E-state index in [-0.39, 0.29) is 0 Å².